The second-order valence-electron chi connectivity index (χ2n) is 6.91. The fraction of sp³-hybridized carbons (Fsp3) is 0.875. The molecule has 0 aromatic carbocycles. The summed E-state index contributed by atoms with van der Waals surface area (Å²) in [6.07, 6.45) is -0.252. The molecule has 0 aromatic heterocycles. The zero-order valence-corrected chi connectivity index (χ0v) is 19.0. The lowest BCUT2D eigenvalue weighted by atomic mass is 9.87. The van der Waals surface area contributed by atoms with Crippen LogP contribution in [0.2, 0.25) is 0 Å². The van der Waals surface area contributed by atoms with E-state index in [4.69, 9.17) is 18.1 Å². The average Bonchev–Trinajstić information content (AvgIpc) is 3.01. The molecule has 0 unspecified atom stereocenters. The highest BCUT2D eigenvalue weighted by molar-refractivity contribution is 7.74. The van der Waals surface area contributed by atoms with Crippen molar-refractivity contribution >= 4 is 26.7 Å². The molecule has 1 aliphatic heterocycles. The lowest BCUT2D eigenvalue weighted by Gasteiger charge is -2.38. The summed E-state index contributed by atoms with van der Waals surface area (Å²) in [6.45, 7) is 12.0. The number of nitrogens with zero attached hydrogens (tertiary/aromatic N) is 1. The standard InChI is InChI=1S/C16H32N2O7P2/c1-8-22-26(20,23-9-2)16(27(21,24-10-3)25-11-4)12-13(17-18-16)14(19)15(5,6)7/h18H,8-12H2,1-7H3. The van der Waals surface area contributed by atoms with Crippen molar-refractivity contribution in [2.45, 2.75) is 59.9 Å². The topological polar surface area (TPSA) is 113 Å². The lowest BCUT2D eigenvalue weighted by molar-refractivity contribution is -0.119. The maximum atomic E-state index is 13.7. The van der Waals surface area contributed by atoms with Crippen molar-refractivity contribution in [2.24, 2.45) is 10.5 Å². The maximum Gasteiger partial charge on any atom is 0.370 e. The molecular weight excluding hydrogens is 394 g/mol. The van der Waals surface area contributed by atoms with Gasteiger partial charge in [-0.2, -0.15) is 5.10 Å². The molecule has 27 heavy (non-hydrogen) atoms. The molecule has 0 saturated heterocycles. The van der Waals surface area contributed by atoms with Crippen LogP contribution in [0.15, 0.2) is 5.10 Å². The third-order valence-corrected chi connectivity index (χ3v) is 10.0. The molecule has 9 nitrogen and oxygen atoms in total. The molecule has 158 valence electrons. The van der Waals surface area contributed by atoms with E-state index >= 15 is 0 Å². The molecule has 0 fully saturated rings. The number of hydrazone groups is 1. The first-order valence-electron chi connectivity index (χ1n) is 9.13. The summed E-state index contributed by atoms with van der Waals surface area (Å²) in [6, 6.07) is 0. The minimum atomic E-state index is -4.10. The van der Waals surface area contributed by atoms with Gasteiger partial charge in [-0.3, -0.25) is 19.4 Å². The van der Waals surface area contributed by atoms with Crippen LogP contribution >= 0.6 is 15.2 Å². The van der Waals surface area contributed by atoms with E-state index in [9.17, 15) is 13.9 Å². The summed E-state index contributed by atoms with van der Waals surface area (Å²) in [4.78, 5) is 12.7. The molecule has 1 aliphatic rings. The molecule has 0 bridgehead atoms. The number of carbonyl (C=O) groups is 1. The Morgan fingerprint density at radius 1 is 0.963 bits per heavy atom. The number of hydrogen-bond acceptors (Lipinski definition) is 9. The number of ketones is 1. The van der Waals surface area contributed by atoms with Gasteiger partial charge in [0, 0.05) is 11.8 Å². The summed E-state index contributed by atoms with van der Waals surface area (Å²) < 4.78 is 49.3. The molecule has 1 heterocycles. The van der Waals surface area contributed by atoms with Gasteiger partial charge in [0.05, 0.1) is 26.4 Å². The number of carbonyl (C=O) groups excluding carboxylic acids is 1. The fourth-order valence-corrected chi connectivity index (χ4v) is 7.97. The van der Waals surface area contributed by atoms with Gasteiger partial charge in [0.1, 0.15) is 5.71 Å². The predicted octanol–water partition coefficient (Wildman–Crippen LogP) is 4.14. The molecule has 1 N–H and O–H groups in total. The van der Waals surface area contributed by atoms with Crippen LogP contribution in [0.4, 0.5) is 0 Å². The van der Waals surface area contributed by atoms with Crippen LogP contribution in [0.1, 0.15) is 54.9 Å². The maximum absolute atomic E-state index is 13.7. The van der Waals surface area contributed by atoms with Gasteiger partial charge in [0.25, 0.3) is 5.02 Å². The Bertz CT molecular complexity index is 608. The number of rotatable bonds is 11. The van der Waals surface area contributed by atoms with Crippen molar-refractivity contribution in [3.63, 3.8) is 0 Å². The Morgan fingerprint density at radius 2 is 1.33 bits per heavy atom. The van der Waals surface area contributed by atoms with Crippen LogP contribution in [-0.4, -0.2) is 42.9 Å². The Labute approximate surface area is 161 Å². The van der Waals surface area contributed by atoms with Crippen LogP contribution in [0.5, 0.6) is 0 Å². The monoisotopic (exact) mass is 426 g/mol. The highest BCUT2D eigenvalue weighted by atomic mass is 31.2. The normalized spacial score (nSPS) is 17.5. The van der Waals surface area contributed by atoms with Crippen molar-refractivity contribution in [2.75, 3.05) is 26.4 Å². The molecular formula is C16H32N2O7P2. The molecule has 0 radical (unpaired) electrons. The second kappa shape index (κ2) is 9.29. The van der Waals surface area contributed by atoms with E-state index in [1.807, 2.05) is 0 Å². The van der Waals surface area contributed by atoms with Gasteiger partial charge in [-0.25, -0.2) is 0 Å². The number of nitrogens with one attached hydrogen (secondary N) is 1. The molecule has 0 aliphatic carbocycles. The minimum Gasteiger partial charge on any atom is -0.307 e. The van der Waals surface area contributed by atoms with E-state index < -0.39 is 25.6 Å². The Balaban J connectivity index is 3.55. The summed E-state index contributed by atoms with van der Waals surface area (Å²) in [5.41, 5.74) is 2.01. The van der Waals surface area contributed by atoms with Crippen LogP contribution in [0, 0.1) is 5.41 Å². The van der Waals surface area contributed by atoms with E-state index in [2.05, 4.69) is 10.5 Å². The highest BCUT2D eigenvalue weighted by Crippen LogP contribution is 2.78. The highest BCUT2D eigenvalue weighted by Gasteiger charge is 2.69. The summed E-state index contributed by atoms with van der Waals surface area (Å²) in [7, 11) is -8.20. The van der Waals surface area contributed by atoms with Gasteiger partial charge in [-0.05, 0) is 27.7 Å². The third kappa shape index (κ3) is 4.72. The summed E-state index contributed by atoms with van der Waals surface area (Å²) >= 11 is 0. The van der Waals surface area contributed by atoms with Gasteiger partial charge in [-0.15, -0.1) is 0 Å². The zero-order valence-electron chi connectivity index (χ0n) is 17.2. The summed E-state index contributed by atoms with van der Waals surface area (Å²) in [5, 5.41) is 2.15. The molecule has 0 atom stereocenters. The van der Waals surface area contributed by atoms with E-state index in [-0.39, 0.29) is 44.3 Å². The Kier molecular flexibility index (Phi) is 8.42. The SMILES string of the molecule is CCOP(=O)(OCC)C1(P(=O)(OCC)OCC)CC(C(=O)C(C)(C)C)=NN1. The molecule has 1 rings (SSSR count). The van der Waals surface area contributed by atoms with Crippen molar-refractivity contribution in [3.8, 4) is 0 Å². The lowest BCUT2D eigenvalue weighted by Crippen LogP contribution is -2.42. The average molecular weight is 426 g/mol. The van der Waals surface area contributed by atoms with Gasteiger partial charge < -0.3 is 18.1 Å². The van der Waals surface area contributed by atoms with E-state index in [1.165, 1.54) is 0 Å². The first-order chi connectivity index (χ1) is 12.5. The fourth-order valence-electron chi connectivity index (χ4n) is 2.68. The van der Waals surface area contributed by atoms with Gasteiger partial charge >= 0.3 is 15.2 Å². The Hall–Kier alpha value is -0.560. The first-order valence-corrected chi connectivity index (χ1v) is 12.2. The van der Waals surface area contributed by atoms with E-state index in [0.29, 0.717) is 0 Å². The van der Waals surface area contributed by atoms with Crippen LogP contribution in [0.25, 0.3) is 0 Å². The molecule has 0 spiro atoms. The van der Waals surface area contributed by atoms with E-state index in [1.54, 1.807) is 48.5 Å². The van der Waals surface area contributed by atoms with Crippen LogP contribution in [0.3, 0.4) is 0 Å². The van der Waals surface area contributed by atoms with Gasteiger partial charge in [0.2, 0.25) is 0 Å². The second-order valence-corrected chi connectivity index (χ2v) is 11.8. The molecule has 0 amide bonds. The van der Waals surface area contributed by atoms with Crippen molar-refractivity contribution < 1.29 is 32.0 Å². The minimum absolute atomic E-state index is 0.0432. The molecule has 11 heteroatoms. The van der Waals surface area contributed by atoms with Gasteiger partial charge in [-0.1, -0.05) is 20.8 Å². The van der Waals surface area contributed by atoms with Crippen LogP contribution in [-0.2, 0) is 32.0 Å². The van der Waals surface area contributed by atoms with Crippen molar-refractivity contribution in [1.29, 1.82) is 0 Å². The zero-order chi connectivity index (χ0) is 20.9. The first kappa shape index (κ1) is 24.5. The molecule has 0 aromatic rings. The predicted molar refractivity (Wildman–Crippen MR) is 104 cm³/mol. The number of Topliss-reactive ketones (excluding diaryl/α,β-unsaturated/α-hetero) is 1. The third-order valence-electron chi connectivity index (χ3n) is 3.83. The smallest absolute Gasteiger partial charge is 0.307 e. The largest absolute Gasteiger partial charge is 0.370 e. The summed E-state index contributed by atoms with van der Waals surface area (Å²) in [5.74, 6) is -0.268. The number of hydrogen-bond donors (Lipinski definition) is 1. The van der Waals surface area contributed by atoms with Gasteiger partial charge in [0.15, 0.2) is 5.78 Å². The van der Waals surface area contributed by atoms with Crippen LogP contribution < -0.4 is 5.43 Å². The molecule has 0 saturated carbocycles. The van der Waals surface area contributed by atoms with Crippen molar-refractivity contribution in [3.05, 3.63) is 0 Å². The Morgan fingerprint density at radius 3 is 1.63 bits per heavy atom. The van der Waals surface area contributed by atoms with E-state index in [0.717, 1.165) is 0 Å². The van der Waals surface area contributed by atoms with Crippen molar-refractivity contribution in [1.82, 2.24) is 5.43 Å². The quantitative estimate of drug-likeness (QED) is 0.491.